The predicted octanol–water partition coefficient (Wildman–Crippen LogP) is 0.998. The SMILES string of the molecule is CCOC(=O)C=CC(=O)NC(=S)NNC(=S)Nc1ccccc1. The number of hydrazine groups is 1. The number of para-hydroxylation sites is 1. The molecular formula is C14H16N4O3S2. The summed E-state index contributed by atoms with van der Waals surface area (Å²) in [4.78, 5) is 22.5. The zero-order valence-corrected chi connectivity index (χ0v) is 13.9. The zero-order valence-electron chi connectivity index (χ0n) is 12.3. The van der Waals surface area contributed by atoms with E-state index in [1.165, 1.54) is 0 Å². The van der Waals surface area contributed by atoms with Gasteiger partial charge in [0, 0.05) is 17.8 Å². The van der Waals surface area contributed by atoms with Crippen LogP contribution in [0.4, 0.5) is 5.69 Å². The topological polar surface area (TPSA) is 91.5 Å². The lowest BCUT2D eigenvalue weighted by Crippen LogP contribution is -2.49. The molecule has 0 aliphatic carbocycles. The summed E-state index contributed by atoms with van der Waals surface area (Å²) < 4.78 is 4.64. The maximum Gasteiger partial charge on any atom is 0.330 e. The fourth-order valence-corrected chi connectivity index (χ4v) is 1.64. The molecular weight excluding hydrogens is 336 g/mol. The number of esters is 1. The fraction of sp³-hybridized carbons (Fsp3) is 0.143. The van der Waals surface area contributed by atoms with Crippen molar-refractivity contribution in [1.82, 2.24) is 16.2 Å². The molecule has 1 rings (SSSR count). The summed E-state index contributed by atoms with van der Waals surface area (Å²) in [5.41, 5.74) is 5.97. The van der Waals surface area contributed by atoms with Gasteiger partial charge in [-0.3, -0.25) is 21.0 Å². The molecule has 1 aromatic carbocycles. The van der Waals surface area contributed by atoms with E-state index in [-0.39, 0.29) is 16.8 Å². The molecule has 0 fully saturated rings. The number of carbonyl (C=O) groups excluding carboxylic acids is 2. The van der Waals surface area contributed by atoms with E-state index in [0.717, 1.165) is 17.8 Å². The third-order valence-electron chi connectivity index (χ3n) is 2.22. The molecule has 0 spiro atoms. The van der Waals surface area contributed by atoms with Crippen LogP contribution in [0.2, 0.25) is 0 Å². The predicted molar refractivity (Wildman–Crippen MR) is 95.4 cm³/mol. The average Bonchev–Trinajstić information content (AvgIpc) is 2.52. The highest BCUT2D eigenvalue weighted by Gasteiger charge is 2.03. The van der Waals surface area contributed by atoms with Gasteiger partial charge in [-0.25, -0.2) is 4.79 Å². The number of hydrogen-bond donors (Lipinski definition) is 4. The first-order valence-electron chi connectivity index (χ1n) is 6.59. The van der Waals surface area contributed by atoms with Gasteiger partial charge in [0.15, 0.2) is 10.2 Å². The van der Waals surface area contributed by atoms with Crippen molar-refractivity contribution in [1.29, 1.82) is 0 Å². The molecule has 7 nitrogen and oxygen atoms in total. The number of anilines is 1. The molecule has 1 aromatic rings. The molecule has 0 saturated heterocycles. The lowest BCUT2D eigenvalue weighted by Gasteiger charge is -2.13. The van der Waals surface area contributed by atoms with Crippen LogP contribution in [0.15, 0.2) is 42.5 Å². The van der Waals surface area contributed by atoms with Crippen LogP contribution in [0.25, 0.3) is 0 Å². The molecule has 0 saturated carbocycles. The van der Waals surface area contributed by atoms with Gasteiger partial charge in [-0.2, -0.15) is 0 Å². The van der Waals surface area contributed by atoms with E-state index in [0.29, 0.717) is 0 Å². The van der Waals surface area contributed by atoms with Gasteiger partial charge >= 0.3 is 5.97 Å². The Morgan fingerprint density at radius 1 is 1.09 bits per heavy atom. The minimum Gasteiger partial charge on any atom is -0.463 e. The molecule has 9 heteroatoms. The second-order valence-corrected chi connectivity index (χ2v) is 4.79. The number of nitrogens with one attached hydrogen (secondary N) is 4. The van der Waals surface area contributed by atoms with Gasteiger partial charge in [-0.1, -0.05) is 18.2 Å². The molecule has 0 aromatic heterocycles. The summed E-state index contributed by atoms with van der Waals surface area (Å²) in [7, 11) is 0. The molecule has 1 amide bonds. The molecule has 0 bridgehead atoms. The van der Waals surface area contributed by atoms with Crippen LogP contribution in [-0.2, 0) is 14.3 Å². The average molecular weight is 352 g/mol. The maximum absolute atomic E-state index is 11.5. The first kappa shape index (κ1) is 18.5. The van der Waals surface area contributed by atoms with E-state index in [2.05, 4.69) is 26.2 Å². The van der Waals surface area contributed by atoms with E-state index in [1.807, 2.05) is 30.3 Å². The smallest absolute Gasteiger partial charge is 0.330 e. The van der Waals surface area contributed by atoms with Crippen LogP contribution in [-0.4, -0.2) is 28.7 Å². The van der Waals surface area contributed by atoms with Crippen LogP contribution >= 0.6 is 24.4 Å². The summed E-state index contributed by atoms with van der Waals surface area (Å²) in [6.45, 7) is 1.91. The van der Waals surface area contributed by atoms with Crippen molar-refractivity contribution in [2.75, 3.05) is 11.9 Å². The van der Waals surface area contributed by atoms with Gasteiger partial charge < -0.3 is 10.1 Å². The van der Waals surface area contributed by atoms with Crippen molar-refractivity contribution in [3.63, 3.8) is 0 Å². The van der Waals surface area contributed by atoms with Crippen molar-refractivity contribution >= 4 is 52.2 Å². The third kappa shape index (κ3) is 8.49. The number of ether oxygens (including phenoxy) is 1. The lowest BCUT2D eigenvalue weighted by molar-refractivity contribution is -0.137. The van der Waals surface area contributed by atoms with Crippen molar-refractivity contribution in [2.45, 2.75) is 6.92 Å². The van der Waals surface area contributed by atoms with Gasteiger partial charge in [0.25, 0.3) is 0 Å². The highest BCUT2D eigenvalue weighted by atomic mass is 32.1. The molecule has 122 valence electrons. The Kier molecular flexibility index (Phi) is 8.25. The van der Waals surface area contributed by atoms with E-state index >= 15 is 0 Å². The summed E-state index contributed by atoms with van der Waals surface area (Å²) >= 11 is 9.95. The molecule has 0 radical (unpaired) electrons. The highest BCUT2D eigenvalue weighted by molar-refractivity contribution is 7.80. The third-order valence-corrected chi connectivity index (χ3v) is 2.62. The monoisotopic (exact) mass is 352 g/mol. The second kappa shape index (κ2) is 10.2. The molecule has 0 aliphatic heterocycles. The van der Waals surface area contributed by atoms with Crippen LogP contribution in [0.5, 0.6) is 0 Å². The number of hydrogen-bond acceptors (Lipinski definition) is 5. The summed E-state index contributed by atoms with van der Waals surface area (Å²) in [5.74, 6) is -1.17. The maximum atomic E-state index is 11.5. The van der Waals surface area contributed by atoms with Gasteiger partial charge in [-0.15, -0.1) is 0 Å². The fourth-order valence-electron chi connectivity index (χ4n) is 1.32. The molecule has 0 aliphatic rings. The number of benzene rings is 1. The van der Waals surface area contributed by atoms with Crippen molar-refractivity contribution in [3.8, 4) is 0 Å². The van der Waals surface area contributed by atoms with Crippen LogP contribution in [0.3, 0.4) is 0 Å². The Labute approximate surface area is 144 Å². The van der Waals surface area contributed by atoms with E-state index in [4.69, 9.17) is 24.4 Å². The quantitative estimate of drug-likeness (QED) is 0.276. The molecule has 4 N–H and O–H groups in total. The zero-order chi connectivity index (χ0) is 17.1. The Hall–Kier alpha value is -2.52. The molecule has 0 unspecified atom stereocenters. The van der Waals surface area contributed by atoms with Crippen molar-refractivity contribution in [2.24, 2.45) is 0 Å². The normalized spacial score (nSPS) is 9.78. The minimum atomic E-state index is -0.604. The van der Waals surface area contributed by atoms with Gasteiger partial charge in [-0.05, 0) is 43.5 Å². The minimum absolute atomic E-state index is 0.000667. The Bertz CT molecular complexity index is 605. The van der Waals surface area contributed by atoms with Gasteiger partial charge in [0.05, 0.1) is 6.61 Å². The van der Waals surface area contributed by atoms with Crippen LogP contribution < -0.4 is 21.5 Å². The molecule has 0 atom stereocenters. The van der Waals surface area contributed by atoms with E-state index in [9.17, 15) is 9.59 Å². The standard InChI is InChI=1S/C14H16N4O3S2/c1-2-21-12(20)9-8-11(19)16-14(23)18-17-13(22)15-10-6-4-3-5-7-10/h3-9H,2H2,1H3,(H2,15,17,22)(H2,16,18,19,23). The Balaban J connectivity index is 2.29. The summed E-state index contributed by atoms with van der Waals surface area (Å²) in [6.07, 6.45) is 2.03. The Morgan fingerprint density at radius 3 is 2.39 bits per heavy atom. The largest absolute Gasteiger partial charge is 0.463 e. The van der Waals surface area contributed by atoms with Crippen LogP contribution in [0.1, 0.15) is 6.92 Å². The van der Waals surface area contributed by atoms with E-state index < -0.39 is 11.9 Å². The first-order valence-corrected chi connectivity index (χ1v) is 7.40. The van der Waals surface area contributed by atoms with Crippen molar-refractivity contribution < 1.29 is 14.3 Å². The van der Waals surface area contributed by atoms with Crippen molar-refractivity contribution in [3.05, 3.63) is 42.5 Å². The summed E-state index contributed by atoms with van der Waals surface area (Å²) in [5, 5.41) is 5.52. The van der Waals surface area contributed by atoms with Gasteiger partial charge in [0.1, 0.15) is 0 Å². The molecule has 23 heavy (non-hydrogen) atoms. The highest BCUT2D eigenvalue weighted by Crippen LogP contribution is 2.03. The first-order chi connectivity index (χ1) is 11.0. The number of carbonyl (C=O) groups is 2. The van der Waals surface area contributed by atoms with Gasteiger partial charge in [0.2, 0.25) is 5.91 Å². The Morgan fingerprint density at radius 2 is 1.74 bits per heavy atom. The lowest BCUT2D eigenvalue weighted by atomic mass is 10.3. The van der Waals surface area contributed by atoms with Crippen LogP contribution in [0, 0.1) is 0 Å². The van der Waals surface area contributed by atoms with E-state index in [1.54, 1.807) is 6.92 Å². The number of amides is 1. The number of thiocarbonyl (C=S) groups is 2. The summed E-state index contributed by atoms with van der Waals surface area (Å²) in [6, 6.07) is 9.29. The number of rotatable bonds is 4. The molecule has 0 heterocycles. The second-order valence-electron chi connectivity index (χ2n) is 3.97.